The Morgan fingerprint density at radius 1 is 1.59 bits per heavy atom. The third kappa shape index (κ3) is 4.02. The fourth-order valence-electron chi connectivity index (χ4n) is 1.66. The fraction of sp³-hybridized carbons (Fsp3) is 0.417. The summed E-state index contributed by atoms with van der Waals surface area (Å²) in [7, 11) is 0. The van der Waals surface area contributed by atoms with Gasteiger partial charge in [-0.1, -0.05) is 40.1 Å². The molecule has 0 aromatic heterocycles. The molecule has 1 aromatic rings. The van der Waals surface area contributed by atoms with Crippen LogP contribution >= 0.6 is 15.9 Å². The highest BCUT2D eigenvalue weighted by atomic mass is 79.9. The molecule has 0 aliphatic heterocycles. The predicted molar refractivity (Wildman–Crippen MR) is 73.2 cm³/mol. The van der Waals surface area contributed by atoms with Crippen molar-refractivity contribution in [2.24, 2.45) is 10.9 Å². The van der Waals surface area contributed by atoms with E-state index in [4.69, 9.17) is 10.9 Å². The number of nitrogens with one attached hydrogen (secondary N) is 1. The van der Waals surface area contributed by atoms with Gasteiger partial charge < -0.3 is 16.3 Å². The van der Waals surface area contributed by atoms with Crippen LogP contribution in [0, 0.1) is 0 Å². The molecular weight excluding hydrogens is 282 g/mol. The molecule has 1 rings (SSSR count). The molecule has 0 aliphatic carbocycles. The lowest BCUT2D eigenvalue weighted by molar-refractivity contribution is 0.313. The van der Waals surface area contributed by atoms with E-state index in [0.717, 1.165) is 16.5 Å². The van der Waals surface area contributed by atoms with E-state index >= 15 is 0 Å². The van der Waals surface area contributed by atoms with Crippen LogP contribution in [0.25, 0.3) is 0 Å². The van der Waals surface area contributed by atoms with E-state index in [2.05, 4.69) is 39.4 Å². The lowest BCUT2D eigenvalue weighted by atomic mass is 10.1. The van der Waals surface area contributed by atoms with Gasteiger partial charge in [-0.15, -0.1) is 0 Å². The first-order valence-corrected chi connectivity index (χ1v) is 6.36. The molecule has 5 heteroatoms. The summed E-state index contributed by atoms with van der Waals surface area (Å²) >= 11 is 3.44. The number of hydrogen-bond donors (Lipinski definition) is 3. The Labute approximate surface area is 110 Å². The van der Waals surface area contributed by atoms with Crippen molar-refractivity contribution in [2.75, 3.05) is 0 Å². The van der Waals surface area contributed by atoms with E-state index < -0.39 is 0 Å². The molecule has 0 saturated carbocycles. The Bertz CT molecular complexity index is 395. The van der Waals surface area contributed by atoms with Gasteiger partial charge in [0.1, 0.15) is 0 Å². The zero-order chi connectivity index (χ0) is 12.8. The molecule has 17 heavy (non-hydrogen) atoms. The van der Waals surface area contributed by atoms with Gasteiger partial charge in [0.15, 0.2) is 5.84 Å². The summed E-state index contributed by atoms with van der Waals surface area (Å²) in [4.78, 5) is 0. The van der Waals surface area contributed by atoms with Crippen molar-refractivity contribution in [3.63, 3.8) is 0 Å². The van der Waals surface area contributed by atoms with E-state index in [1.54, 1.807) is 0 Å². The highest BCUT2D eigenvalue weighted by Gasteiger charge is 2.15. The third-order valence-corrected chi connectivity index (χ3v) is 3.17. The van der Waals surface area contributed by atoms with Crippen molar-refractivity contribution in [1.29, 1.82) is 0 Å². The molecule has 94 valence electrons. The Kier molecular flexibility index (Phi) is 5.44. The number of rotatable bonds is 5. The van der Waals surface area contributed by atoms with Crippen molar-refractivity contribution in [3.05, 3.63) is 34.3 Å². The minimum atomic E-state index is -0.117. The van der Waals surface area contributed by atoms with Gasteiger partial charge in [-0.2, -0.15) is 0 Å². The Balaban J connectivity index is 2.74. The molecule has 0 spiro atoms. The van der Waals surface area contributed by atoms with Gasteiger partial charge in [0.05, 0.1) is 6.04 Å². The van der Waals surface area contributed by atoms with Gasteiger partial charge >= 0.3 is 0 Å². The summed E-state index contributed by atoms with van der Waals surface area (Å²) in [6, 6.07) is 8.09. The van der Waals surface area contributed by atoms with Crippen LogP contribution < -0.4 is 11.1 Å². The molecule has 4 nitrogen and oxygen atoms in total. The van der Waals surface area contributed by atoms with E-state index in [0.29, 0.717) is 0 Å². The molecule has 0 fully saturated rings. The number of nitrogens with two attached hydrogens (primary N) is 1. The number of hydrogen-bond acceptors (Lipinski definition) is 3. The second-order valence-corrected chi connectivity index (χ2v) is 4.84. The topological polar surface area (TPSA) is 70.6 Å². The van der Waals surface area contributed by atoms with Gasteiger partial charge in [-0.3, -0.25) is 0 Å². The highest BCUT2D eigenvalue weighted by molar-refractivity contribution is 9.10. The fourth-order valence-corrected chi connectivity index (χ4v) is 2.07. The normalized spacial score (nSPS) is 15.6. The van der Waals surface area contributed by atoms with Gasteiger partial charge in [0.2, 0.25) is 0 Å². The largest absolute Gasteiger partial charge is 0.409 e. The molecule has 0 radical (unpaired) electrons. The summed E-state index contributed by atoms with van der Waals surface area (Å²) < 4.78 is 1.04. The highest BCUT2D eigenvalue weighted by Crippen LogP contribution is 2.18. The molecule has 0 amide bonds. The number of oxime groups is 1. The number of amidine groups is 1. The van der Waals surface area contributed by atoms with Crippen LogP contribution in [-0.2, 0) is 0 Å². The van der Waals surface area contributed by atoms with Gasteiger partial charge in [-0.05, 0) is 31.0 Å². The summed E-state index contributed by atoms with van der Waals surface area (Å²) in [5.74, 6) is 0.217. The molecule has 0 bridgehead atoms. The molecule has 4 N–H and O–H groups in total. The lowest BCUT2D eigenvalue weighted by Crippen LogP contribution is -2.42. The summed E-state index contributed by atoms with van der Waals surface area (Å²) in [5, 5.41) is 15.1. The van der Waals surface area contributed by atoms with Crippen molar-refractivity contribution in [1.82, 2.24) is 5.32 Å². The first kappa shape index (κ1) is 14.0. The van der Waals surface area contributed by atoms with E-state index in [1.165, 1.54) is 0 Å². The first-order chi connectivity index (χ1) is 8.08. The molecule has 0 saturated heterocycles. The maximum atomic E-state index is 8.68. The van der Waals surface area contributed by atoms with Gasteiger partial charge in [-0.25, -0.2) is 0 Å². The Hall–Kier alpha value is -1.07. The Morgan fingerprint density at radius 3 is 2.82 bits per heavy atom. The zero-order valence-corrected chi connectivity index (χ0v) is 11.6. The van der Waals surface area contributed by atoms with Crippen LogP contribution in [0.3, 0.4) is 0 Å². The lowest BCUT2D eigenvalue weighted by Gasteiger charge is -2.21. The van der Waals surface area contributed by atoms with Crippen molar-refractivity contribution in [2.45, 2.75) is 32.4 Å². The minimum absolute atomic E-state index is 0.117. The number of nitrogens with zero attached hydrogens (tertiary/aromatic N) is 1. The van der Waals surface area contributed by atoms with E-state index in [1.807, 2.05) is 25.1 Å². The zero-order valence-electron chi connectivity index (χ0n) is 10.0. The number of benzene rings is 1. The SMILES string of the molecule is CCC(N[C@@H](C)c1cccc(Br)c1)/C(N)=N/O. The van der Waals surface area contributed by atoms with Crippen LogP contribution in [0.2, 0.25) is 0 Å². The maximum Gasteiger partial charge on any atom is 0.156 e. The minimum Gasteiger partial charge on any atom is -0.409 e. The summed E-state index contributed by atoms with van der Waals surface area (Å²) in [6.07, 6.45) is 0.772. The van der Waals surface area contributed by atoms with Crippen LogP contribution in [0.15, 0.2) is 33.9 Å². The molecule has 0 heterocycles. The van der Waals surface area contributed by atoms with Crippen LogP contribution in [0.4, 0.5) is 0 Å². The van der Waals surface area contributed by atoms with Crippen molar-refractivity contribution in [3.8, 4) is 0 Å². The molecular formula is C12H18BrN3O. The van der Waals surface area contributed by atoms with E-state index in [-0.39, 0.29) is 17.9 Å². The van der Waals surface area contributed by atoms with Gasteiger partial charge in [0, 0.05) is 10.5 Å². The van der Waals surface area contributed by atoms with Crippen LogP contribution in [0.1, 0.15) is 31.9 Å². The first-order valence-electron chi connectivity index (χ1n) is 5.57. The summed E-state index contributed by atoms with van der Waals surface area (Å²) in [5.41, 5.74) is 6.77. The third-order valence-electron chi connectivity index (χ3n) is 2.68. The van der Waals surface area contributed by atoms with Crippen molar-refractivity contribution >= 4 is 21.8 Å². The molecule has 2 atom stereocenters. The van der Waals surface area contributed by atoms with Crippen LogP contribution in [-0.4, -0.2) is 17.1 Å². The maximum absolute atomic E-state index is 8.68. The summed E-state index contributed by atoms with van der Waals surface area (Å²) in [6.45, 7) is 4.04. The molecule has 1 unspecified atom stereocenters. The average Bonchev–Trinajstić information content (AvgIpc) is 2.34. The molecule has 1 aromatic carbocycles. The van der Waals surface area contributed by atoms with E-state index in [9.17, 15) is 0 Å². The second-order valence-electron chi connectivity index (χ2n) is 3.93. The van der Waals surface area contributed by atoms with Crippen molar-refractivity contribution < 1.29 is 5.21 Å². The number of halogens is 1. The average molecular weight is 300 g/mol. The second kappa shape index (κ2) is 6.61. The molecule has 0 aliphatic rings. The smallest absolute Gasteiger partial charge is 0.156 e. The quantitative estimate of drug-likeness (QED) is 0.339. The standard InChI is InChI=1S/C12H18BrN3O/c1-3-11(12(14)16-17)15-8(2)9-5-4-6-10(13)7-9/h4-8,11,15,17H,3H2,1-2H3,(H2,14,16)/t8-,11?/m0/s1. The van der Waals surface area contributed by atoms with Gasteiger partial charge in [0.25, 0.3) is 0 Å². The Morgan fingerprint density at radius 2 is 2.29 bits per heavy atom. The van der Waals surface area contributed by atoms with Crippen LogP contribution in [0.5, 0.6) is 0 Å². The predicted octanol–water partition coefficient (Wildman–Crippen LogP) is 2.62. The monoisotopic (exact) mass is 299 g/mol.